The number of carbonyl (C=O) groups excluding carboxylic acids is 1. The second kappa shape index (κ2) is 8.55. The van der Waals surface area contributed by atoms with Gasteiger partial charge in [-0.1, -0.05) is 41.6 Å². The van der Waals surface area contributed by atoms with E-state index in [0.717, 1.165) is 11.3 Å². The van der Waals surface area contributed by atoms with E-state index in [1.165, 1.54) is 11.8 Å². The first-order chi connectivity index (χ1) is 13.0. The third-order valence-corrected chi connectivity index (χ3v) is 4.44. The van der Waals surface area contributed by atoms with Gasteiger partial charge in [0.05, 0.1) is 11.4 Å². The summed E-state index contributed by atoms with van der Waals surface area (Å²) in [6.07, 6.45) is 0. The first kappa shape index (κ1) is 18.7. The lowest BCUT2D eigenvalue weighted by Gasteiger charge is -2.12. The van der Waals surface area contributed by atoms with E-state index < -0.39 is 0 Å². The van der Waals surface area contributed by atoms with Crippen LogP contribution in [0.3, 0.4) is 0 Å². The lowest BCUT2D eigenvalue weighted by Crippen LogP contribution is -2.15. The molecule has 3 rings (SSSR count). The Morgan fingerprint density at radius 2 is 1.85 bits per heavy atom. The number of aromatic nitrogens is 2. The van der Waals surface area contributed by atoms with Crippen molar-refractivity contribution in [2.75, 3.05) is 16.8 Å². The lowest BCUT2D eigenvalue weighted by atomic mass is 10.2. The topological polar surface area (TPSA) is 90.1 Å². The molecule has 3 N–H and O–H groups in total. The molecule has 1 amide bonds. The lowest BCUT2D eigenvalue weighted by molar-refractivity contribution is -0.113. The van der Waals surface area contributed by atoms with Crippen molar-refractivity contribution in [1.82, 2.24) is 9.97 Å². The van der Waals surface area contributed by atoms with Crippen LogP contribution < -0.4 is 15.8 Å². The maximum atomic E-state index is 12.3. The van der Waals surface area contributed by atoms with E-state index >= 15 is 0 Å². The number of benzene rings is 2. The number of nitrogens with one attached hydrogen (secondary N) is 1. The number of ether oxygens (including phenoxy) is 1. The highest BCUT2D eigenvalue weighted by Crippen LogP contribution is 2.29. The second-order valence-corrected chi connectivity index (χ2v) is 6.91. The molecule has 0 aliphatic rings. The largest absolute Gasteiger partial charge is 0.455 e. The fourth-order valence-corrected chi connectivity index (χ4v) is 3.05. The summed E-state index contributed by atoms with van der Waals surface area (Å²) >= 11 is 1.23. The SMILES string of the molecule is Cc1ccc(Oc2ccccc2NC(=O)CSc2nc(C)cc(N)n2)cc1. The van der Waals surface area contributed by atoms with E-state index in [1.807, 2.05) is 56.3 Å². The summed E-state index contributed by atoms with van der Waals surface area (Å²) in [7, 11) is 0. The maximum absolute atomic E-state index is 12.3. The Morgan fingerprint density at radius 3 is 2.59 bits per heavy atom. The van der Waals surface area contributed by atoms with Crippen LogP contribution in [0.4, 0.5) is 11.5 Å². The van der Waals surface area contributed by atoms with Crippen molar-refractivity contribution in [1.29, 1.82) is 0 Å². The van der Waals surface area contributed by atoms with Crippen molar-refractivity contribution in [2.45, 2.75) is 19.0 Å². The highest BCUT2D eigenvalue weighted by molar-refractivity contribution is 7.99. The van der Waals surface area contributed by atoms with Crippen LogP contribution >= 0.6 is 11.8 Å². The van der Waals surface area contributed by atoms with E-state index in [-0.39, 0.29) is 11.7 Å². The van der Waals surface area contributed by atoms with Crippen LogP contribution in [0.2, 0.25) is 0 Å². The first-order valence-electron chi connectivity index (χ1n) is 8.37. The van der Waals surface area contributed by atoms with Gasteiger partial charge >= 0.3 is 0 Å². The highest BCUT2D eigenvalue weighted by Gasteiger charge is 2.10. The third kappa shape index (κ3) is 5.46. The molecule has 0 fully saturated rings. The highest BCUT2D eigenvalue weighted by atomic mass is 32.2. The molecule has 6 nitrogen and oxygen atoms in total. The van der Waals surface area contributed by atoms with Gasteiger partial charge in [0.25, 0.3) is 0 Å². The second-order valence-electron chi connectivity index (χ2n) is 5.96. The predicted octanol–water partition coefficient (Wildman–Crippen LogP) is 4.20. The van der Waals surface area contributed by atoms with Crippen LogP contribution in [0.15, 0.2) is 59.8 Å². The van der Waals surface area contributed by atoms with Crippen molar-refractivity contribution in [3.05, 3.63) is 65.9 Å². The number of nitrogens with two attached hydrogens (primary N) is 1. The zero-order valence-corrected chi connectivity index (χ0v) is 15.9. The summed E-state index contributed by atoms with van der Waals surface area (Å²) in [5.41, 5.74) is 8.23. The minimum atomic E-state index is -0.177. The Morgan fingerprint density at radius 1 is 1.11 bits per heavy atom. The average molecular weight is 380 g/mol. The number of hydrogen-bond donors (Lipinski definition) is 2. The Labute approximate surface area is 162 Å². The molecule has 1 aromatic heterocycles. The molecular formula is C20H20N4O2S. The van der Waals surface area contributed by atoms with Crippen LogP contribution in [-0.2, 0) is 4.79 Å². The number of amides is 1. The smallest absolute Gasteiger partial charge is 0.234 e. The van der Waals surface area contributed by atoms with Crippen LogP contribution in [0.25, 0.3) is 0 Å². The number of carbonyl (C=O) groups is 1. The third-order valence-electron chi connectivity index (χ3n) is 3.60. The molecule has 27 heavy (non-hydrogen) atoms. The van der Waals surface area contributed by atoms with Gasteiger partial charge in [-0.15, -0.1) is 0 Å². The number of rotatable bonds is 6. The molecule has 1 heterocycles. The zero-order valence-electron chi connectivity index (χ0n) is 15.1. The van der Waals surface area contributed by atoms with Gasteiger partial charge < -0.3 is 15.8 Å². The van der Waals surface area contributed by atoms with Gasteiger partial charge in [-0.2, -0.15) is 0 Å². The van der Waals surface area contributed by atoms with E-state index in [4.69, 9.17) is 10.5 Å². The van der Waals surface area contributed by atoms with Crippen LogP contribution in [-0.4, -0.2) is 21.6 Å². The molecule has 3 aromatic rings. The molecule has 138 valence electrons. The minimum Gasteiger partial charge on any atom is -0.455 e. The van der Waals surface area contributed by atoms with Crippen LogP contribution in [0, 0.1) is 13.8 Å². The molecule has 0 spiro atoms. The van der Waals surface area contributed by atoms with Crippen molar-refractivity contribution in [2.24, 2.45) is 0 Å². The Kier molecular flexibility index (Phi) is 5.93. The fraction of sp³-hybridized carbons (Fsp3) is 0.150. The molecule has 0 radical (unpaired) electrons. The molecule has 0 bridgehead atoms. The van der Waals surface area contributed by atoms with Crippen molar-refractivity contribution >= 4 is 29.2 Å². The monoisotopic (exact) mass is 380 g/mol. The molecule has 0 aliphatic carbocycles. The van der Waals surface area contributed by atoms with Crippen molar-refractivity contribution in [3.63, 3.8) is 0 Å². The quantitative estimate of drug-likeness (QED) is 0.492. The van der Waals surface area contributed by atoms with E-state index in [9.17, 15) is 4.79 Å². The van der Waals surface area contributed by atoms with Gasteiger partial charge in [-0.25, -0.2) is 9.97 Å². The van der Waals surface area contributed by atoms with Crippen LogP contribution in [0.1, 0.15) is 11.3 Å². The van der Waals surface area contributed by atoms with Gasteiger partial charge in [0, 0.05) is 11.8 Å². The van der Waals surface area contributed by atoms with Gasteiger partial charge in [0.15, 0.2) is 10.9 Å². The maximum Gasteiger partial charge on any atom is 0.234 e. The van der Waals surface area contributed by atoms with E-state index in [1.54, 1.807) is 12.1 Å². The molecular weight excluding hydrogens is 360 g/mol. The number of nitrogens with zero attached hydrogens (tertiary/aromatic N) is 2. The van der Waals surface area contributed by atoms with Crippen molar-refractivity contribution in [3.8, 4) is 11.5 Å². The normalized spacial score (nSPS) is 10.4. The first-order valence-corrected chi connectivity index (χ1v) is 9.35. The summed E-state index contributed by atoms with van der Waals surface area (Å²) in [6.45, 7) is 3.85. The molecule has 0 saturated heterocycles. The standard InChI is InChI=1S/C20H20N4O2S/c1-13-7-9-15(10-8-13)26-17-6-4-3-5-16(17)23-19(25)12-27-20-22-14(2)11-18(21)24-20/h3-11H,12H2,1-2H3,(H,23,25)(H2,21,22,24). The number of thioether (sulfide) groups is 1. The number of hydrogen-bond acceptors (Lipinski definition) is 6. The van der Waals surface area contributed by atoms with Gasteiger partial charge in [0.2, 0.25) is 5.91 Å². The number of para-hydroxylation sites is 2. The van der Waals surface area contributed by atoms with E-state index in [2.05, 4.69) is 15.3 Å². The number of anilines is 2. The summed E-state index contributed by atoms with van der Waals surface area (Å²) < 4.78 is 5.90. The Hall–Kier alpha value is -3.06. The Bertz CT molecular complexity index is 925. The number of nitrogen functional groups attached to an aromatic ring is 1. The van der Waals surface area contributed by atoms with Crippen molar-refractivity contribution < 1.29 is 9.53 Å². The molecule has 7 heteroatoms. The molecule has 2 aromatic carbocycles. The van der Waals surface area contributed by atoms with Gasteiger partial charge in [-0.05, 0) is 38.1 Å². The average Bonchev–Trinajstić information content (AvgIpc) is 2.63. The van der Waals surface area contributed by atoms with Gasteiger partial charge in [-0.3, -0.25) is 4.79 Å². The Balaban J connectivity index is 1.64. The zero-order chi connectivity index (χ0) is 19.2. The summed E-state index contributed by atoms with van der Waals surface area (Å²) in [4.78, 5) is 20.7. The summed E-state index contributed by atoms with van der Waals surface area (Å²) in [6, 6.07) is 16.7. The molecule has 0 aliphatic heterocycles. The molecule has 0 saturated carbocycles. The number of aryl methyl sites for hydroxylation is 2. The summed E-state index contributed by atoms with van der Waals surface area (Å²) in [5, 5.41) is 3.35. The summed E-state index contributed by atoms with van der Waals surface area (Å²) in [5.74, 6) is 1.67. The molecule has 0 unspecified atom stereocenters. The predicted molar refractivity (Wildman–Crippen MR) is 108 cm³/mol. The fourth-order valence-electron chi connectivity index (χ4n) is 2.34. The van der Waals surface area contributed by atoms with Crippen LogP contribution in [0.5, 0.6) is 11.5 Å². The van der Waals surface area contributed by atoms with Gasteiger partial charge in [0.1, 0.15) is 11.6 Å². The van der Waals surface area contributed by atoms with E-state index in [0.29, 0.717) is 28.2 Å². The molecule has 0 atom stereocenters. The minimum absolute atomic E-state index is 0.168.